The van der Waals surface area contributed by atoms with E-state index in [9.17, 15) is 14.4 Å². The predicted molar refractivity (Wildman–Crippen MR) is 85.9 cm³/mol. The number of ketones is 2. The highest BCUT2D eigenvalue weighted by Crippen LogP contribution is 2.22. The fourth-order valence-corrected chi connectivity index (χ4v) is 2.07. The lowest BCUT2D eigenvalue weighted by molar-refractivity contribution is -0.129. The molecule has 0 unspecified atom stereocenters. The van der Waals surface area contributed by atoms with Crippen molar-refractivity contribution in [3.05, 3.63) is 34.9 Å². The first kappa shape index (κ1) is 17.2. The van der Waals surface area contributed by atoms with E-state index in [1.54, 1.807) is 24.3 Å². The SMILES string of the molecule is CC(=O)C(C(C)=O)N(C(=O)C(C)=C=S)c1ccc(Cl)cc1. The van der Waals surface area contributed by atoms with Gasteiger partial charge in [0.25, 0.3) is 5.91 Å². The van der Waals surface area contributed by atoms with Gasteiger partial charge in [-0.15, -0.1) is 0 Å². The van der Waals surface area contributed by atoms with E-state index in [0.717, 1.165) is 4.90 Å². The summed E-state index contributed by atoms with van der Waals surface area (Å²) in [6, 6.07) is 5.08. The molecule has 0 atom stereocenters. The molecule has 1 amide bonds. The minimum atomic E-state index is -1.20. The van der Waals surface area contributed by atoms with Gasteiger partial charge in [-0.25, -0.2) is 0 Å². The number of halogens is 1. The van der Waals surface area contributed by atoms with Crippen LogP contribution in [-0.4, -0.2) is 28.5 Å². The number of rotatable bonds is 5. The summed E-state index contributed by atoms with van der Waals surface area (Å²) in [4.78, 5) is 37.1. The average molecular weight is 324 g/mol. The summed E-state index contributed by atoms with van der Waals surface area (Å²) >= 11 is 10.5. The number of benzene rings is 1. The number of hydrogen-bond acceptors (Lipinski definition) is 4. The first-order valence-electron chi connectivity index (χ1n) is 6.11. The van der Waals surface area contributed by atoms with Crippen molar-refractivity contribution in [2.75, 3.05) is 4.90 Å². The Hall–Kier alpha value is -1.81. The van der Waals surface area contributed by atoms with Gasteiger partial charge < -0.3 is 0 Å². The van der Waals surface area contributed by atoms with Crippen LogP contribution in [0.4, 0.5) is 5.69 Å². The first-order valence-corrected chi connectivity index (χ1v) is 6.90. The summed E-state index contributed by atoms with van der Waals surface area (Å²) in [7, 11) is 0. The van der Waals surface area contributed by atoms with Crippen LogP contribution in [0.25, 0.3) is 0 Å². The highest BCUT2D eigenvalue weighted by atomic mass is 35.5. The third-order valence-electron chi connectivity index (χ3n) is 2.83. The molecule has 1 aromatic rings. The van der Waals surface area contributed by atoms with E-state index in [1.807, 2.05) is 0 Å². The smallest absolute Gasteiger partial charge is 0.263 e. The van der Waals surface area contributed by atoms with E-state index in [-0.39, 0.29) is 5.57 Å². The van der Waals surface area contributed by atoms with Crippen LogP contribution in [0.1, 0.15) is 20.8 Å². The number of amides is 1. The molecule has 0 aliphatic heterocycles. The van der Waals surface area contributed by atoms with E-state index in [1.165, 1.54) is 20.8 Å². The molecule has 0 N–H and O–H groups in total. The molecule has 0 bridgehead atoms. The lowest BCUT2D eigenvalue weighted by Crippen LogP contribution is -2.49. The van der Waals surface area contributed by atoms with Crippen LogP contribution in [0, 0.1) is 0 Å². The van der Waals surface area contributed by atoms with Gasteiger partial charge in [-0.2, -0.15) is 0 Å². The Balaban J connectivity index is 3.45. The summed E-state index contributed by atoms with van der Waals surface area (Å²) in [5.74, 6) is -1.39. The van der Waals surface area contributed by atoms with Gasteiger partial charge in [-0.3, -0.25) is 19.3 Å². The fourth-order valence-electron chi connectivity index (χ4n) is 1.86. The Morgan fingerprint density at radius 2 is 1.57 bits per heavy atom. The second-order valence-electron chi connectivity index (χ2n) is 4.50. The number of nitrogens with zero attached hydrogens (tertiary/aromatic N) is 1. The van der Waals surface area contributed by atoms with Crippen molar-refractivity contribution in [3.8, 4) is 0 Å². The molecule has 0 aliphatic rings. The van der Waals surface area contributed by atoms with E-state index in [2.05, 4.69) is 17.2 Å². The third-order valence-corrected chi connectivity index (χ3v) is 3.38. The Kier molecular flexibility index (Phi) is 5.97. The Morgan fingerprint density at radius 1 is 1.10 bits per heavy atom. The molecule has 0 spiro atoms. The molecule has 6 heteroatoms. The summed E-state index contributed by atoms with van der Waals surface area (Å²) in [6.07, 6.45) is 0. The highest BCUT2D eigenvalue weighted by Gasteiger charge is 2.33. The zero-order chi connectivity index (χ0) is 16.2. The summed E-state index contributed by atoms with van der Waals surface area (Å²) in [5.41, 5.74) is 0.539. The van der Waals surface area contributed by atoms with Gasteiger partial charge in [-0.1, -0.05) is 11.6 Å². The van der Waals surface area contributed by atoms with Gasteiger partial charge in [0.2, 0.25) is 0 Å². The number of hydrogen-bond donors (Lipinski definition) is 0. The van der Waals surface area contributed by atoms with Crippen LogP contribution >= 0.6 is 23.8 Å². The molecule has 1 aromatic carbocycles. The highest BCUT2D eigenvalue weighted by molar-refractivity contribution is 7.78. The molecule has 0 aromatic heterocycles. The Bertz CT molecular complexity index is 619. The molecule has 4 nitrogen and oxygen atoms in total. The van der Waals surface area contributed by atoms with Gasteiger partial charge in [0.1, 0.15) is 0 Å². The van der Waals surface area contributed by atoms with Crippen LogP contribution in [0.3, 0.4) is 0 Å². The largest absolute Gasteiger partial charge is 0.297 e. The van der Waals surface area contributed by atoms with E-state index < -0.39 is 23.5 Å². The summed E-state index contributed by atoms with van der Waals surface area (Å²) < 4.78 is 0. The van der Waals surface area contributed by atoms with Crippen LogP contribution < -0.4 is 4.90 Å². The van der Waals surface area contributed by atoms with Crippen molar-refractivity contribution in [2.45, 2.75) is 26.8 Å². The number of anilines is 1. The van der Waals surface area contributed by atoms with Crippen molar-refractivity contribution in [2.24, 2.45) is 0 Å². The first-order chi connectivity index (χ1) is 9.79. The van der Waals surface area contributed by atoms with Gasteiger partial charge >= 0.3 is 0 Å². The standard InChI is InChI=1S/C15H14ClNO3S/c1-9(8-21)15(20)17(14(10(2)18)11(3)19)13-6-4-12(16)5-7-13/h4-7,14H,1-3H3. The molecular weight excluding hydrogens is 310 g/mol. The van der Waals surface area contributed by atoms with Crippen LogP contribution in [0.15, 0.2) is 29.8 Å². The Morgan fingerprint density at radius 3 is 1.95 bits per heavy atom. The van der Waals surface area contributed by atoms with Crippen LogP contribution in [0.5, 0.6) is 0 Å². The van der Waals surface area contributed by atoms with Crippen LogP contribution in [-0.2, 0) is 14.4 Å². The number of carbonyl (C=O) groups is 3. The van der Waals surface area contributed by atoms with Crippen molar-refractivity contribution in [1.29, 1.82) is 0 Å². The maximum absolute atomic E-state index is 12.4. The molecule has 0 radical (unpaired) electrons. The maximum atomic E-state index is 12.4. The lowest BCUT2D eigenvalue weighted by Gasteiger charge is -2.28. The molecule has 0 fully saturated rings. The third kappa shape index (κ3) is 4.08. The second-order valence-corrected chi connectivity index (χ2v) is 5.14. The van der Waals surface area contributed by atoms with E-state index in [0.29, 0.717) is 10.7 Å². The molecule has 0 saturated heterocycles. The van der Waals surface area contributed by atoms with E-state index >= 15 is 0 Å². The molecule has 21 heavy (non-hydrogen) atoms. The second kappa shape index (κ2) is 7.27. The van der Waals surface area contributed by atoms with Gasteiger partial charge in [-0.05, 0) is 62.3 Å². The van der Waals surface area contributed by atoms with E-state index in [4.69, 9.17) is 11.6 Å². The van der Waals surface area contributed by atoms with Crippen molar-refractivity contribution in [1.82, 2.24) is 0 Å². The average Bonchev–Trinajstić information content (AvgIpc) is 2.43. The zero-order valence-corrected chi connectivity index (χ0v) is 13.4. The molecule has 110 valence electrons. The zero-order valence-electron chi connectivity index (χ0n) is 11.8. The molecule has 0 heterocycles. The molecule has 1 rings (SSSR count). The number of thiocarbonyl (C=S) groups is 1. The lowest BCUT2D eigenvalue weighted by atomic mass is 10.1. The van der Waals surface area contributed by atoms with Crippen LogP contribution in [0.2, 0.25) is 5.02 Å². The van der Waals surface area contributed by atoms with Gasteiger partial charge in [0.05, 0.1) is 5.57 Å². The normalized spacial score (nSPS) is 9.95. The minimum Gasteiger partial charge on any atom is -0.297 e. The molecular formula is C15H14ClNO3S. The van der Waals surface area contributed by atoms with Crippen molar-refractivity contribution in [3.63, 3.8) is 0 Å². The predicted octanol–water partition coefficient (Wildman–Crippen LogP) is 2.76. The quantitative estimate of drug-likeness (QED) is 0.475. The summed E-state index contributed by atoms with van der Waals surface area (Å²) in [6.45, 7) is 4.01. The fraction of sp³-hybridized carbons (Fsp3) is 0.267. The number of carbonyl (C=O) groups excluding carboxylic acids is 3. The summed E-state index contributed by atoms with van der Waals surface area (Å²) in [5, 5.41) is 2.80. The monoisotopic (exact) mass is 323 g/mol. The van der Waals surface area contributed by atoms with Crippen molar-refractivity contribution < 1.29 is 14.4 Å². The Labute approximate surface area is 133 Å². The minimum absolute atomic E-state index is 0.146. The number of Topliss-reactive ketones (excluding diaryl/α,β-unsaturated/α-hetero) is 2. The maximum Gasteiger partial charge on any atom is 0.263 e. The van der Waals surface area contributed by atoms with Gasteiger partial charge in [0, 0.05) is 10.7 Å². The topological polar surface area (TPSA) is 54.5 Å². The molecule has 0 saturated carbocycles. The van der Waals surface area contributed by atoms with Crippen molar-refractivity contribution >= 4 is 52.0 Å². The van der Waals surface area contributed by atoms with Gasteiger partial charge in [0.15, 0.2) is 17.6 Å². The molecule has 0 aliphatic carbocycles.